The minimum atomic E-state index is -0.545. The van der Waals surface area contributed by atoms with Crippen LogP contribution in [-0.4, -0.2) is 46.1 Å². The Labute approximate surface area is 182 Å². The van der Waals surface area contributed by atoms with Crippen molar-refractivity contribution in [1.29, 1.82) is 0 Å². The first-order valence-corrected chi connectivity index (χ1v) is 10.1. The van der Waals surface area contributed by atoms with Gasteiger partial charge in [0.15, 0.2) is 0 Å². The van der Waals surface area contributed by atoms with Gasteiger partial charge in [0.05, 0.1) is 22.6 Å². The van der Waals surface area contributed by atoms with Crippen molar-refractivity contribution in [2.45, 2.75) is 18.8 Å². The Kier molecular flexibility index (Phi) is 5.85. The SMILES string of the molecule is COc1ccc(-c2noc(C3CCN(C(=O)c4ccc([N+](=O)[O-])cc4Cl)CC3)n2)cc1. The van der Waals surface area contributed by atoms with Crippen LogP contribution in [0.5, 0.6) is 5.75 Å². The molecular formula is C21H19ClN4O5. The zero-order valence-electron chi connectivity index (χ0n) is 16.7. The highest BCUT2D eigenvalue weighted by atomic mass is 35.5. The lowest BCUT2D eigenvalue weighted by Gasteiger charge is -2.30. The number of nitro groups is 1. The van der Waals surface area contributed by atoms with Crippen molar-refractivity contribution in [1.82, 2.24) is 15.0 Å². The number of nitrogens with zero attached hydrogens (tertiary/aromatic N) is 4. The number of benzene rings is 2. The van der Waals surface area contributed by atoms with Crippen LogP contribution in [0.4, 0.5) is 5.69 Å². The first kappa shape index (κ1) is 20.8. The second-order valence-corrected chi connectivity index (χ2v) is 7.58. The maximum absolute atomic E-state index is 12.8. The smallest absolute Gasteiger partial charge is 0.270 e. The molecule has 1 amide bonds. The Morgan fingerprint density at radius 2 is 1.94 bits per heavy atom. The zero-order chi connectivity index (χ0) is 22.0. The number of hydrogen-bond donors (Lipinski definition) is 0. The standard InChI is InChI=1S/C21H19ClN4O5/c1-30-16-5-2-13(3-6-16)19-23-20(31-24-19)14-8-10-25(11-9-14)21(27)17-7-4-15(26(28)29)12-18(17)22/h2-7,12,14H,8-11H2,1H3. The second kappa shape index (κ2) is 8.73. The first-order valence-electron chi connectivity index (χ1n) is 9.67. The van der Waals surface area contributed by atoms with Gasteiger partial charge in [-0.15, -0.1) is 0 Å². The van der Waals surface area contributed by atoms with Crippen LogP contribution in [0, 0.1) is 10.1 Å². The molecule has 0 atom stereocenters. The van der Waals surface area contributed by atoms with Gasteiger partial charge in [-0.3, -0.25) is 14.9 Å². The van der Waals surface area contributed by atoms with Crippen molar-refractivity contribution in [3.63, 3.8) is 0 Å². The molecule has 160 valence electrons. The summed E-state index contributed by atoms with van der Waals surface area (Å²) in [4.78, 5) is 29.3. The molecule has 0 saturated carbocycles. The van der Waals surface area contributed by atoms with Crippen molar-refractivity contribution in [3.8, 4) is 17.1 Å². The molecule has 3 aromatic rings. The van der Waals surface area contributed by atoms with E-state index in [1.54, 1.807) is 12.0 Å². The maximum atomic E-state index is 12.8. The summed E-state index contributed by atoms with van der Waals surface area (Å²) in [6.45, 7) is 0.994. The molecule has 0 bridgehead atoms. The van der Waals surface area contributed by atoms with Gasteiger partial charge in [-0.2, -0.15) is 4.98 Å². The molecule has 1 saturated heterocycles. The Morgan fingerprint density at radius 1 is 1.23 bits per heavy atom. The highest BCUT2D eigenvalue weighted by molar-refractivity contribution is 6.34. The molecule has 0 spiro atoms. The van der Waals surface area contributed by atoms with Crippen molar-refractivity contribution < 1.29 is 19.0 Å². The lowest BCUT2D eigenvalue weighted by atomic mass is 9.96. The molecule has 2 aromatic carbocycles. The molecule has 1 aliphatic heterocycles. The Balaban J connectivity index is 1.40. The summed E-state index contributed by atoms with van der Waals surface area (Å²) < 4.78 is 10.6. The number of halogens is 1. The van der Waals surface area contributed by atoms with Crippen molar-refractivity contribution in [2.24, 2.45) is 0 Å². The van der Waals surface area contributed by atoms with E-state index in [9.17, 15) is 14.9 Å². The monoisotopic (exact) mass is 442 g/mol. The largest absolute Gasteiger partial charge is 0.497 e. The average molecular weight is 443 g/mol. The number of nitro benzene ring substituents is 1. The van der Waals surface area contributed by atoms with Crippen LogP contribution in [0.1, 0.15) is 35.0 Å². The molecule has 0 unspecified atom stereocenters. The molecule has 2 heterocycles. The molecule has 10 heteroatoms. The number of carbonyl (C=O) groups excluding carboxylic acids is 1. The Bertz CT molecular complexity index is 1110. The van der Waals surface area contributed by atoms with Gasteiger partial charge in [0.2, 0.25) is 11.7 Å². The number of hydrogen-bond acceptors (Lipinski definition) is 7. The van der Waals surface area contributed by atoms with Gasteiger partial charge in [0, 0.05) is 36.7 Å². The lowest BCUT2D eigenvalue weighted by molar-refractivity contribution is -0.384. The van der Waals surface area contributed by atoms with Crippen molar-refractivity contribution >= 4 is 23.2 Å². The van der Waals surface area contributed by atoms with Crippen LogP contribution in [0.2, 0.25) is 5.02 Å². The van der Waals surface area contributed by atoms with E-state index in [0.29, 0.717) is 37.6 Å². The molecule has 31 heavy (non-hydrogen) atoms. The maximum Gasteiger partial charge on any atom is 0.270 e. The third-order valence-corrected chi connectivity index (χ3v) is 5.63. The van der Waals surface area contributed by atoms with E-state index >= 15 is 0 Å². The molecule has 1 aliphatic rings. The van der Waals surface area contributed by atoms with E-state index in [4.69, 9.17) is 20.9 Å². The summed E-state index contributed by atoms with van der Waals surface area (Å²) in [7, 11) is 1.61. The van der Waals surface area contributed by atoms with E-state index in [0.717, 1.165) is 11.3 Å². The highest BCUT2D eigenvalue weighted by Gasteiger charge is 2.29. The number of methoxy groups -OCH3 is 1. The number of ether oxygens (including phenoxy) is 1. The lowest BCUT2D eigenvalue weighted by Crippen LogP contribution is -2.38. The second-order valence-electron chi connectivity index (χ2n) is 7.17. The molecule has 9 nitrogen and oxygen atoms in total. The molecule has 0 N–H and O–H groups in total. The summed E-state index contributed by atoms with van der Waals surface area (Å²) in [6, 6.07) is 11.3. The summed E-state index contributed by atoms with van der Waals surface area (Å²) in [5.41, 5.74) is 0.936. The first-order chi connectivity index (χ1) is 15.0. The van der Waals surface area contributed by atoms with Crippen LogP contribution in [0.3, 0.4) is 0 Å². The summed E-state index contributed by atoms with van der Waals surface area (Å²) >= 11 is 6.10. The zero-order valence-corrected chi connectivity index (χ0v) is 17.4. The summed E-state index contributed by atoms with van der Waals surface area (Å²) in [5.74, 6) is 1.61. The van der Waals surface area contributed by atoms with Gasteiger partial charge in [-0.1, -0.05) is 16.8 Å². The predicted molar refractivity (Wildman–Crippen MR) is 112 cm³/mol. The van der Waals surface area contributed by atoms with Gasteiger partial charge < -0.3 is 14.2 Å². The van der Waals surface area contributed by atoms with Gasteiger partial charge in [0.25, 0.3) is 11.6 Å². The minimum Gasteiger partial charge on any atom is -0.497 e. The minimum absolute atomic E-state index is 0.0517. The van der Waals surface area contributed by atoms with Gasteiger partial charge in [0.1, 0.15) is 5.75 Å². The summed E-state index contributed by atoms with van der Waals surface area (Å²) in [5, 5.41) is 15.0. The number of likely N-dealkylation sites (tertiary alicyclic amines) is 1. The number of rotatable bonds is 5. The van der Waals surface area contributed by atoms with Gasteiger partial charge in [-0.05, 0) is 43.2 Å². The fourth-order valence-corrected chi connectivity index (χ4v) is 3.80. The third kappa shape index (κ3) is 4.36. The fourth-order valence-electron chi connectivity index (χ4n) is 3.55. The van der Waals surface area contributed by atoms with E-state index in [1.165, 1.54) is 18.2 Å². The van der Waals surface area contributed by atoms with Crippen molar-refractivity contribution in [3.05, 3.63) is 69.1 Å². The van der Waals surface area contributed by atoms with Crippen molar-refractivity contribution in [2.75, 3.05) is 20.2 Å². The van der Waals surface area contributed by atoms with E-state index < -0.39 is 4.92 Å². The molecule has 0 aliphatic carbocycles. The van der Waals surface area contributed by atoms with Crippen LogP contribution in [0.25, 0.3) is 11.4 Å². The number of aromatic nitrogens is 2. The third-order valence-electron chi connectivity index (χ3n) is 5.32. The summed E-state index contributed by atoms with van der Waals surface area (Å²) in [6.07, 6.45) is 1.33. The average Bonchev–Trinajstić information content (AvgIpc) is 3.29. The molecular weight excluding hydrogens is 424 g/mol. The Morgan fingerprint density at radius 3 is 2.55 bits per heavy atom. The number of amides is 1. The Hall–Kier alpha value is -3.46. The number of carbonyl (C=O) groups is 1. The van der Waals surface area contributed by atoms with Crippen LogP contribution in [0.15, 0.2) is 47.0 Å². The fraction of sp³-hybridized carbons (Fsp3) is 0.286. The number of non-ortho nitro benzene ring substituents is 1. The topological polar surface area (TPSA) is 112 Å². The van der Waals surface area contributed by atoms with E-state index in [1.807, 2.05) is 24.3 Å². The van der Waals surface area contributed by atoms with E-state index in [-0.39, 0.29) is 28.1 Å². The number of piperidine rings is 1. The van der Waals surface area contributed by atoms with Gasteiger partial charge >= 0.3 is 0 Å². The van der Waals surface area contributed by atoms with E-state index in [2.05, 4.69) is 10.1 Å². The quantitative estimate of drug-likeness (QED) is 0.427. The molecule has 1 fully saturated rings. The van der Waals surface area contributed by atoms with Crippen LogP contribution < -0.4 is 4.74 Å². The van der Waals surface area contributed by atoms with Crippen LogP contribution in [-0.2, 0) is 0 Å². The highest BCUT2D eigenvalue weighted by Crippen LogP contribution is 2.31. The molecule has 4 rings (SSSR count). The molecule has 0 radical (unpaired) electrons. The molecule has 1 aromatic heterocycles. The van der Waals surface area contributed by atoms with Gasteiger partial charge in [-0.25, -0.2) is 0 Å². The van der Waals surface area contributed by atoms with Crippen LogP contribution >= 0.6 is 11.6 Å². The normalized spacial score (nSPS) is 14.5. The predicted octanol–water partition coefficient (Wildman–Crippen LogP) is 4.33.